The molecule has 1 amide bonds. The topological polar surface area (TPSA) is 79.3 Å². The van der Waals surface area contributed by atoms with Crippen LogP contribution < -0.4 is 9.47 Å². The van der Waals surface area contributed by atoms with Crippen molar-refractivity contribution in [2.24, 2.45) is 0 Å². The highest BCUT2D eigenvalue weighted by atomic mass is 16.5. The maximum Gasteiger partial charge on any atom is 0.295 e. The van der Waals surface area contributed by atoms with E-state index in [-0.39, 0.29) is 11.3 Å². The van der Waals surface area contributed by atoms with E-state index in [9.17, 15) is 14.7 Å². The minimum absolute atomic E-state index is 0.0708. The summed E-state index contributed by atoms with van der Waals surface area (Å²) in [6, 6.07) is 13.4. The first-order valence-electron chi connectivity index (χ1n) is 11.3. The fourth-order valence-electron chi connectivity index (χ4n) is 4.11. The monoisotopic (exact) mass is 452 g/mol. The number of amides is 1. The van der Waals surface area contributed by atoms with Crippen LogP contribution in [0, 0.1) is 0 Å². The van der Waals surface area contributed by atoms with Crippen molar-refractivity contribution in [2.75, 3.05) is 39.9 Å². The van der Waals surface area contributed by atoms with Gasteiger partial charge in [0.2, 0.25) is 0 Å². The van der Waals surface area contributed by atoms with E-state index in [1.807, 2.05) is 19.1 Å². The van der Waals surface area contributed by atoms with Gasteiger partial charge < -0.3 is 24.4 Å². The van der Waals surface area contributed by atoms with E-state index in [4.69, 9.17) is 9.47 Å². The number of hydrogen-bond donors (Lipinski definition) is 1. The number of ether oxygens (including phenoxy) is 2. The summed E-state index contributed by atoms with van der Waals surface area (Å²) in [5.74, 6) is -0.331. The minimum atomic E-state index is -0.716. The molecule has 1 saturated heterocycles. The molecule has 0 aliphatic carbocycles. The first-order valence-corrected chi connectivity index (χ1v) is 11.3. The lowest BCUT2D eigenvalue weighted by Crippen LogP contribution is -2.38. The van der Waals surface area contributed by atoms with Gasteiger partial charge in [-0.1, -0.05) is 38.1 Å². The van der Waals surface area contributed by atoms with E-state index < -0.39 is 17.7 Å². The van der Waals surface area contributed by atoms with E-state index in [0.29, 0.717) is 42.3 Å². The van der Waals surface area contributed by atoms with Gasteiger partial charge >= 0.3 is 0 Å². The largest absolute Gasteiger partial charge is 0.507 e. The number of Topliss-reactive ketones (excluding diaryl/α,β-unsaturated/α-hetero) is 1. The Kier molecular flexibility index (Phi) is 8.11. The van der Waals surface area contributed by atoms with Crippen molar-refractivity contribution in [2.45, 2.75) is 26.8 Å². The smallest absolute Gasteiger partial charge is 0.295 e. The number of nitrogens with zero attached hydrogens (tertiary/aromatic N) is 2. The second kappa shape index (κ2) is 11.0. The molecule has 1 atom stereocenters. The number of benzene rings is 2. The molecule has 0 radical (unpaired) electrons. The van der Waals surface area contributed by atoms with Gasteiger partial charge in [0.25, 0.3) is 11.7 Å². The van der Waals surface area contributed by atoms with Crippen LogP contribution in [-0.4, -0.2) is 66.5 Å². The van der Waals surface area contributed by atoms with Crippen LogP contribution in [0.25, 0.3) is 5.76 Å². The number of likely N-dealkylation sites (N-methyl/N-ethyl adjacent to an activating group) is 1. The van der Waals surface area contributed by atoms with Gasteiger partial charge in [0.15, 0.2) is 0 Å². The van der Waals surface area contributed by atoms with Crippen molar-refractivity contribution in [1.82, 2.24) is 9.80 Å². The van der Waals surface area contributed by atoms with Gasteiger partial charge in [-0.3, -0.25) is 9.59 Å². The van der Waals surface area contributed by atoms with Crippen LogP contribution in [0.2, 0.25) is 0 Å². The predicted octanol–water partition coefficient (Wildman–Crippen LogP) is 3.86. The first-order chi connectivity index (χ1) is 15.9. The number of rotatable bonds is 10. The Morgan fingerprint density at radius 2 is 1.73 bits per heavy atom. The summed E-state index contributed by atoms with van der Waals surface area (Å²) < 4.78 is 10.9. The fraction of sp³-hybridized carbons (Fsp3) is 0.385. The summed E-state index contributed by atoms with van der Waals surface area (Å²) in [5, 5.41) is 11.2. The Labute approximate surface area is 195 Å². The Morgan fingerprint density at radius 3 is 2.39 bits per heavy atom. The maximum absolute atomic E-state index is 13.2. The van der Waals surface area contributed by atoms with E-state index in [1.165, 1.54) is 0 Å². The molecular formula is C26H32N2O5. The number of aliphatic hydroxyl groups excluding tert-OH is 1. The van der Waals surface area contributed by atoms with Crippen molar-refractivity contribution < 1.29 is 24.2 Å². The molecule has 1 unspecified atom stereocenters. The second-order valence-electron chi connectivity index (χ2n) is 7.76. The van der Waals surface area contributed by atoms with Gasteiger partial charge in [-0.05, 0) is 49.8 Å². The lowest BCUT2D eigenvalue weighted by molar-refractivity contribution is -0.140. The highest BCUT2D eigenvalue weighted by Gasteiger charge is 2.46. The molecule has 0 spiro atoms. The Morgan fingerprint density at radius 1 is 1.03 bits per heavy atom. The van der Waals surface area contributed by atoms with E-state index in [0.717, 1.165) is 13.1 Å². The zero-order valence-corrected chi connectivity index (χ0v) is 19.7. The average molecular weight is 453 g/mol. The van der Waals surface area contributed by atoms with Crippen LogP contribution in [0.15, 0.2) is 54.1 Å². The lowest BCUT2D eigenvalue weighted by Gasteiger charge is -2.28. The summed E-state index contributed by atoms with van der Waals surface area (Å²) in [4.78, 5) is 30.0. The molecule has 1 heterocycles. The number of hydrogen-bond acceptors (Lipinski definition) is 6. The number of likely N-dealkylation sites (tertiary alicyclic amines) is 1. The molecule has 1 N–H and O–H groups in total. The lowest BCUT2D eigenvalue weighted by atomic mass is 9.95. The molecular weight excluding hydrogens is 420 g/mol. The molecule has 176 valence electrons. The Bertz CT molecular complexity index is 1030. The van der Waals surface area contributed by atoms with Gasteiger partial charge in [-0.2, -0.15) is 0 Å². The number of methoxy groups -OCH3 is 1. The third-order valence-corrected chi connectivity index (χ3v) is 5.92. The summed E-state index contributed by atoms with van der Waals surface area (Å²) in [6.07, 6.45) is 0. The standard InChI is InChI=1S/C26H32N2O5/c1-5-27(6-2)14-15-28-23(18-10-8-12-20(16-18)32-4)22(25(30)26(28)31)24(29)19-11-9-13-21(17-19)33-7-3/h8-13,16-17,23,29H,5-7,14-15H2,1-4H3/b24-22-. The van der Waals surface area contributed by atoms with Crippen molar-refractivity contribution >= 4 is 17.4 Å². The van der Waals surface area contributed by atoms with Crippen molar-refractivity contribution in [3.05, 3.63) is 65.2 Å². The van der Waals surface area contributed by atoms with Gasteiger partial charge in [0.05, 0.1) is 25.3 Å². The van der Waals surface area contributed by atoms with Crippen molar-refractivity contribution in [3.63, 3.8) is 0 Å². The fourth-order valence-corrected chi connectivity index (χ4v) is 4.11. The van der Waals surface area contributed by atoms with Crippen LogP contribution in [-0.2, 0) is 9.59 Å². The molecule has 7 nitrogen and oxygen atoms in total. The molecule has 33 heavy (non-hydrogen) atoms. The van der Waals surface area contributed by atoms with Crippen molar-refractivity contribution in [1.29, 1.82) is 0 Å². The quantitative estimate of drug-likeness (QED) is 0.335. The highest BCUT2D eigenvalue weighted by molar-refractivity contribution is 6.46. The minimum Gasteiger partial charge on any atom is -0.507 e. The molecule has 0 bridgehead atoms. The zero-order chi connectivity index (χ0) is 24.0. The van der Waals surface area contributed by atoms with E-state index >= 15 is 0 Å². The third-order valence-electron chi connectivity index (χ3n) is 5.92. The number of carbonyl (C=O) groups is 2. The molecule has 2 aromatic carbocycles. The zero-order valence-electron chi connectivity index (χ0n) is 19.7. The van der Waals surface area contributed by atoms with Gasteiger partial charge in [-0.15, -0.1) is 0 Å². The van der Waals surface area contributed by atoms with E-state index in [1.54, 1.807) is 48.4 Å². The van der Waals surface area contributed by atoms with Crippen LogP contribution in [0.3, 0.4) is 0 Å². The molecule has 2 aromatic rings. The highest BCUT2D eigenvalue weighted by Crippen LogP contribution is 2.40. The number of aliphatic hydroxyl groups is 1. The molecule has 1 aliphatic heterocycles. The number of ketones is 1. The number of carbonyl (C=O) groups excluding carboxylic acids is 2. The Hall–Kier alpha value is -3.32. The summed E-state index contributed by atoms with van der Waals surface area (Å²) >= 11 is 0. The van der Waals surface area contributed by atoms with Crippen LogP contribution in [0.5, 0.6) is 11.5 Å². The molecule has 1 aliphatic rings. The summed E-state index contributed by atoms with van der Waals surface area (Å²) in [5.41, 5.74) is 1.20. The summed E-state index contributed by atoms with van der Waals surface area (Å²) in [7, 11) is 1.57. The average Bonchev–Trinajstić information content (AvgIpc) is 3.09. The predicted molar refractivity (Wildman–Crippen MR) is 127 cm³/mol. The molecule has 7 heteroatoms. The van der Waals surface area contributed by atoms with Gasteiger partial charge in [0.1, 0.15) is 17.3 Å². The van der Waals surface area contributed by atoms with Crippen molar-refractivity contribution in [3.8, 4) is 11.5 Å². The van der Waals surface area contributed by atoms with E-state index in [2.05, 4.69) is 18.7 Å². The van der Waals surface area contributed by atoms with Gasteiger partial charge in [-0.25, -0.2) is 0 Å². The second-order valence-corrected chi connectivity index (χ2v) is 7.76. The summed E-state index contributed by atoms with van der Waals surface area (Å²) in [6.45, 7) is 9.14. The van der Waals surface area contributed by atoms with Crippen LogP contribution >= 0.6 is 0 Å². The molecule has 0 saturated carbocycles. The normalized spacial score (nSPS) is 17.6. The Balaban J connectivity index is 2.11. The van der Waals surface area contributed by atoms with Gasteiger partial charge in [0, 0.05) is 18.7 Å². The molecule has 0 aromatic heterocycles. The SMILES string of the molecule is CCOc1cccc(/C(O)=C2/C(=O)C(=O)N(CCN(CC)CC)C2c2cccc(OC)c2)c1. The maximum atomic E-state index is 13.2. The third kappa shape index (κ3) is 5.20. The first kappa shape index (κ1) is 24.3. The molecule has 1 fully saturated rings. The molecule has 3 rings (SSSR count). The van der Waals surface area contributed by atoms with Crippen LogP contribution in [0.1, 0.15) is 37.9 Å². The van der Waals surface area contributed by atoms with Crippen LogP contribution in [0.4, 0.5) is 0 Å².